The molecule has 2 aromatic carbocycles. The van der Waals surface area contributed by atoms with Crippen molar-refractivity contribution in [1.29, 1.82) is 5.26 Å². The first kappa shape index (κ1) is 19.4. The van der Waals surface area contributed by atoms with Gasteiger partial charge in [-0.1, -0.05) is 46.3 Å². The highest BCUT2D eigenvalue weighted by atomic mass is 79.9. The third kappa shape index (κ3) is 3.57. The van der Waals surface area contributed by atoms with E-state index in [1.165, 1.54) is 12.1 Å². The zero-order valence-corrected chi connectivity index (χ0v) is 16.6. The molecule has 0 radical (unpaired) electrons. The molecule has 136 valence electrons. The minimum atomic E-state index is -4.84. The van der Waals surface area contributed by atoms with Gasteiger partial charge in [0.05, 0.1) is 15.7 Å². The molecule has 0 unspecified atom stereocenters. The van der Waals surface area contributed by atoms with Crippen molar-refractivity contribution in [3.8, 4) is 17.3 Å². The molecule has 3 nitrogen and oxygen atoms in total. The number of rotatable bonds is 2. The highest BCUT2D eigenvalue weighted by Crippen LogP contribution is 2.43. The maximum absolute atomic E-state index is 13.8. The average Bonchev–Trinajstić information content (AvgIpc) is 2.95. The second-order valence-electron chi connectivity index (χ2n) is 5.51. The van der Waals surface area contributed by atoms with Gasteiger partial charge in [-0.15, -0.1) is 0 Å². The summed E-state index contributed by atoms with van der Waals surface area (Å²) in [4.78, 5) is 13.0. The van der Waals surface area contributed by atoms with Gasteiger partial charge >= 0.3 is 6.18 Å². The summed E-state index contributed by atoms with van der Waals surface area (Å²) in [5.41, 5.74) is -1.19. The van der Waals surface area contributed by atoms with Crippen molar-refractivity contribution in [2.45, 2.75) is 6.18 Å². The molecule has 0 fully saturated rings. The molecule has 1 heterocycles. The van der Waals surface area contributed by atoms with E-state index in [4.69, 9.17) is 0 Å². The third-order valence-electron chi connectivity index (χ3n) is 3.83. The van der Waals surface area contributed by atoms with E-state index in [-0.39, 0.29) is 16.8 Å². The van der Waals surface area contributed by atoms with Crippen LogP contribution in [0.3, 0.4) is 0 Å². The van der Waals surface area contributed by atoms with E-state index in [1.807, 2.05) is 0 Å². The van der Waals surface area contributed by atoms with E-state index in [9.17, 15) is 23.2 Å². The number of hydrogen-bond donors (Lipinski definition) is 0. The summed E-state index contributed by atoms with van der Waals surface area (Å²) in [7, 11) is 0. The lowest BCUT2D eigenvalue weighted by Crippen LogP contribution is -2.21. The first-order valence-electron chi connectivity index (χ1n) is 7.53. The molecule has 8 heteroatoms. The van der Waals surface area contributed by atoms with Gasteiger partial charge in [-0.05, 0) is 40.2 Å². The fraction of sp³-hybridized carbons (Fsp3) is 0.0526. The Morgan fingerprint density at radius 1 is 1.00 bits per heavy atom. The highest BCUT2D eigenvalue weighted by Gasteiger charge is 2.42. The average molecular weight is 498 g/mol. The predicted octanol–water partition coefficient (Wildman–Crippen LogP) is 6.26. The largest absolute Gasteiger partial charge is 0.433 e. The van der Waals surface area contributed by atoms with Crippen molar-refractivity contribution >= 4 is 37.8 Å². The first-order chi connectivity index (χ1) is 12.8. The smallest absolute Gasteiger partial charge is 0.269 e. The van der Waals surface area contributed by atoms with Crippen molar-refractivity contribution in [2.75, 3.05) is 0 Å². The number of hydrogen-bond acceptors (Lipinski definition) is 2. The molecule has 0 aliphatic rings. The van der Waals surface area contributed by atoms with Crippen LogP contribution in [0.15, 0.2) is 63.5 Å². The lowest BCUT2D eigenvalue weighted by Gasteiger charge is -2.14. The Balaban J connectivity index is 2.40. The van der Waals surface area contributed by atoms with Gasteiger partial charge in [0, 0.05) is 15.6 Å². The van der Waals surface area contributed by atoms with Crippen LogP contribution in [0, 0.1) is 11.3 Å². The molecule has 0 bridgehead atoms. The van der Waals surface area contributed by atoms with Crippen LogP contribution in [-0.4, -0.2) is 10.5 Å². The number of nitrogens with zero attached hydrogens (tertiary/aromatic N) is 2. The lowest BCUT2D eigenvalue weighted by atomic mass is 10.1. The van der Waals surface area contributed by atoms with Crippen molar-refractivity contribution < 1.29 is 18.0 Å². The zero-order chi connectivity index (χ0) is 19.8. The van der Waals surface area contributed by atoms with E-state index in [0.29, 0.717) is 14.6 Å². The van der Waals surface area contributed by atoms with E-state index in [1.54, 1.807) is 48.5 Å². The Hall–Kier alpha value is -2.37. The standard InChI is InChI=1S/C19H9Br2F3N2O/c20-13-8-6-11(7-9-13)16-14(10-25)15(21)17(19(22,23)24)26(16)18(27)12-4-2-1-3-5-12/h1-9H. The molecule has 0 N–H and O–H groups in total. The fourth-order valence-electron chi connectivity index (χ4n) is 2.69. The maximum atomic E-state index is 13.8. The van der Waals surface area contributed by atoms with E-state index >= 15 is 0 Å². The quantitative estimate of drug-likeness (QED) is 0.419. The van der Waals surface area contributed by atoms with E-state index in [2.05, 4.69) is 31.9 Å². The Labute approximate surface area is 169 Å². The molecule has 0 spiro atoms. The molecule has 0 atom stereocenters. The van der Waals surface area contributed by atoms with Crippen molar-refractivity contribution in [1.82, 2.24) is 4.57 Å². The topological polar surface area (TPSA) is 45.8 Å². The summed E-state index contributed by atoms with van der Waals surface area (Å²) in [6.45, 7) is 0. The van der Waals surface area contributed by atoms with Crippen LogP contribution in [0.2, 0.25) is 0 Å². The molecular weight excluding hydrogens is 489 g/mol. The summed E-state index contributed by atoms with van der Waals surface area (Å²) in [6, 6.07) is 15.7. The summed E-state index contributed by atoms with van der Waals surface area (Å²) in [5, 5.41) is 9.49. The van der Waals surface area contributed by atoms with Crippen LogP contribution < -0.4 is 0 Å². The third-order valence-corrected chi connectivity index (χ3v) is 5.13. The Kier molecular flexibility index (Phi) is 5.27. The molecule has 27 heavy (non-hydrogen) atoms. The summed E-state index contributed by atoms with van der Waals surface area (Å²) in [6.07, 6.45) is -4.84. The number of carbonyl (C=O) groups is 1. The monoisotopic (exact) mass is 496 g/mol. The molecule has 0 amide bonds. The molecular formula is C19H9Br2F3N2O. The van der Waals surface area contributed by atoms with Gasteiger partial charge in [0.1, 0.15) is 11.8 Å². The second kappa shape index (κ2) is 7.33. The number of alkyl halides is 3. The molecule has 0 saturated heterocycles. The van der Waals surface area contributed by atoms with Gasteiger partial charge in [0.2, 0.25) is 0 Å². The number of carbonyl (C=O) groups excluding carboxylic acids is 1. The van der Waals surface area contributed by atoms with Crippen LogP contribution in [-0.2, 0) is 6.18 Å². The Bertz CT molecular complexity index is 1050. The first-order valence-corrected chi connectivity index (χ1v) is 9.11. The van der Waals surface area contributed by atoms with Crippen LogP contribution in [0.25, 0.3) is 11.3 Å². The van der Waals surface area contributed by atoms with Crippen LogP contribution in [0.4, 0.5) is 13.2 Å². The molecule has 3 aromatic rings. The van der Waals surface area contributed by atoms with Crippen LogP contribution in [0.1, 0.15) is 21.6 Å². The number of benzene rings is 2. The van der Waals surface area contributed by atoms with Gasteiger partial charge in [-0.3, -0.25) is 9.36 Å². The van der Waals surface area contributed by atoms with Crippen LogP contribution in [0.5, 0.6) is 0 Å². The molecule has 3 rings (SSSR count). The number of aromatic nitrogens is 1. The normalized spacial score (nSPS) is 11.3. The summed E-state index contributed by atoms with van der Waals surface area (Å²) in [5.74, 6) is -0.872. The fourth-order valence-corrected chi connectivity index (χ4v) is 3.63. The number of halogens is 5. The predicted molar refractivity (Wildman–Crippen MR) is 101 cm³/mol. The molecule has 0 aliphatic carbocycles. The van der Waals surface area contributed by atoms with E-state index < -0.39 is 22.3 Å². The van der Waals surface area contributed by atoms with Crippen molar-refractivity contribution in [3.63, 3.8) is 0 Å². The zero-order valence-electron chi connectivity index (χ0n) is 13.4. The summed E-state index contributed by atoms with van der Waals surface area (Å²) < 4.78 is 42.1. The second-order valence-corrected chi connectivity index (χ2v) is 7.22. The molecule has 0 saturated carbocycles. The van der Waals surface area contributed by atoms with Gasteiger partial charge in [-0.2, -0.15) is 18.4 Å². The Morgan fingerprint density at radius 2 is 1.59 bits per heavy atom. The van der Waals surface area contributed by atoms with Crippen LogP contribution >= 0.6 is 31.9 Å². The Morgan fingerprint density at radius 3 is 2.11 bits per heavy atom. The minimum absolute atomic E-state index is 0.0772. The van der Waals surface area contributed by atoms with Gasteiger partial charge < -0.3 is 0 Å². The number of nitriles is 1. The maximum Gasteiger partial charge on any atom is 0.433 e. The van der Waals surface area contributed by atoms with Crippen molar-refractivity contribution in [3.05, 3.63) is 80.4 Å². The van der Waals surface area contributed by atoms with E-state index in [0.717, 1.165) is 0 Å². The van der Waals surface area contributed by atoms with Gasteiger partial charge in [0.15, 0.2) is 0 Å². The van der Waals surface area contributed by atoms with Crippen molar-refractivity contribution in [2.24, 2.45) is 0 Å². The highest BCUT2D eigenvalue weighted by molar-refractivity contribution is 9.10. The summed E-state index contributed by atoms with van der Waals surface area (Å²) >= 11 is 6.14. The van der Waals surface area contributed by atoms with Gasteiger partial charge in [0.25, 0.3) is 5.91 Å². The molecule has 1 aromatic heterocycles. The minimum Gasteiger partial charge on any atom is -0.269 e. The van der Waals surface area contributed by atoms with Gasteiger partial charge in [-0.25, -0.2) is 0 Å². The lowest BCUT2D eigenvalue weighted by molar-refractivity contribution is -0.143. The molecule has 0 aliphatic heterocycles. The SMILES string of the molecule is N#Cc1c(Br)c(C(F)(F)F)n(C(=O)c2ccccc2)c1-c1ccc(Br)cc1.